The summed E-state index contributed by atoms with van der Waals surface area (Å²) >= 11 is 5.56. The van der Waals surface area contributed by atoms with Crippen LogP contribution in [0, 0.1) is 17.8 Å². The predicted molar refractivity (Wildman–Crippen MR) is 509 cm³/mol. The molecule has 11 atom stereocenters. The Kier molecular flexibility index (Phi) is 41.6. The van der Waals surface area contributed by atoms with Crippen LogP contribution in [0.15, 0.2) is 109 Å². The highest BCUT2D eigenvalue weighted by atomic mass is 32.1. The SMILES string of the molecule is CC(C)C[C@H](NC(=O)[C@H](CC(=O)O)NC(=O)[C@H](CC(C)C)NC(=O)[C@]1(C)CCCCCCCCCCCC[C@](C)(NC(=O)[C@@H](Cc2ccc(-c3ccccc3)cc2)NC(=O)[C@H](CCC(N)=O)NC(=O)COCCOCCNC(=S)Nc2ccc3c(c2)C(=O)OC32c3ccc(O)cc3Oc3cc(O)ccc32)C(=O)N[C@@H](CC(C)C)C(=O)N[C@@H](CC(=O)O)C(=O)N1)C(=O)N[C@@H](C)C(=O)N[C@@H](CO)C(N)=O. The van der Waals surface area contributed by atoms with E-state index in [1.165, 1.54) is 45.0 Å². The number of phenolic OH excluding ortho intramolecular Hbond substituents is 2. The van der Waals surface area contributed by atoms with Crippen LogP contribution in [0.4, 0.5) is 5.69 Å². The van der Waals surface area contributed by atoms with Gasteiger partial charge in [0.2, 0.25) is 76.8 Å². The summed E-state index contributed by atoms with van der Waals surface area (Å²) in [7, 11) is 0. The molecule has 40 nitrogen and oxygen atoms in total. The number of nitrogens with two attached hydrogens (primary N) is 2. The third kappa shape index (κ3) is 32.7. The topological polar surface area (TPSA) is 620 Å². The van der Waals surface area contributed by atoms with Gasteiger partial charge in [-0.2, -0.15) is 0 Å². The molecule has 3 aliphatic heterocycles. The van der Waals surface area contributed by atoms with Crippen LogP contribution in [0.1, 0.15) is 217 Å². The lowest BCUT2D eigenvalue weighted by molar-refractivity contribution is -0.143. The van der Waals surface area contributed by atoms with Gasteiger partial charge < -0.3 is 125 Å². The number of carboxylic acids is 2. The molecule has 1 spiro atoms. The smallest absolute Gasteiger partial charge is 0.340 e. The molecular formula is C97H131N15O25S. The maximum absolute atomic E-state index is 15.4. The largest absolute Gasteiger partial charge is 0.508 e. The van der Waals surface area contributed by atoms with Crippen LogP contribution in [0.2, 0.25) is 0 Å². The minimum Gasteiger partial charge on any atom is -0.508 e. The van der Waals surface area contributed by atoms with E-state index in [0.717, 1.165) is 36.8 Å². The van der Waals surface area contributed by atoms with E-state index in [2.05, 4.69) is 69.1 Å². The molecule has 0 saturated carbocycles. The maximum Gasteiger partial charge on any atom is 0.340 e. The van der Waals surface area contributed by atoms with Crippen molar-refractivity contribution in [2.24, 2.45) is 29.2 Å². The number of aliphatic hydroxyl groups is 1. The molecule has 0 bridgehead atoms. The Morgan fingerprint density at radius 1 is 0.543 bits per heavy atom. The van der Waals surface area contributed by atoms with Crippen LogP contribution in [0.3, 0.4) is 0 Å². The van der Waals surface area contributed by atoms with E-state index < -0.39 is 210 Å². The lowest BCUT2D eigenvalue weighted by atomic mass is 9.77. The molecule has 3 aliphatic rings. The van der Waals surface area contributed by atoms with Crippen molar-refractivity contribution >= 4 is 118 Å². The molecule has 1 saturated heterocycles. The van der Waals surface area contributed by atoms with Gasteiger partial charge in [0.05, 0.1) is 44.8 Å². The van der Waals surface area contributed by atoms with Crippen LogP contribution < -0.4 is 85.3 Å². The van der Waals surface area contributed by atoms with Crippen molar-refractivity contribution in [3.8, 4) is 34.1 Å². The van der Waals surface area contributed by atoms with E-state index in [1.807, 2.05) is 42.5 Å². The Morgan fingerprint density at radius 3 is 1.67 bits per heavy atom. The molecule has 1 fully saturated rings. The first-order chi connectivity index (χ1) is 65.4. The fraction of sp³-hybridized carbons (Fsp3) is 0.515. The number of esters is 1. The fourth-order valence-electron chi connectivity index (χ4n) is 16.3. The second kappa shape index (κ2) is 52.2. The van der Waals surface area contributed by atoms with Crippen molar-refractivity contribution in [1.82, 2.24) is 63.8 Å². The number of nitrogens with one attached hydrogen (secondary N) is 13. The highest BCUT2D eigenvalue weighted by Gasteiger charge is 2.54. The average molecular weight is 1940 g/mol. The number of fused-ring (bicyclic) bond motifs is 6. The van der Waals surface area contributed by atoms with E-state index in [4.69, 9.17) is 42.6 Å². The lowest BCUT2D eigenvalue weighted by Crippen LogP contribution is -2.65. The maximum atomic E-state index is 15.4. The van der Waals surface area contributed by atoms with Crippen LogP contribution in [0.5, 0.6) is 23.0 Å². The summed E-state index contributed by atoms with van der Waals surface area (Å²) in [5.74, 6) is -17.4. The monoisotopic (exact) mass is 1940 g/mol. The van der Waals surface area contributed by atoms with Gasteiger partial charge in [0, 0.05) is 53.9 Å². The van der Waals surface area contributed by atoms with E-state index in [-0.39, 0.29) is 117 Å². The fourth-order valence-corrected chi connectivity index (χ4v) is 16.5. The number of ether oxygens (including phenoxy) is 4. The summed E-state index contributed by atoms with van der Waals surface area (Å²) in [6.07, 6.45) is 2.53. The molecule has 0 unspecified atom stereocenters. The quantitative estimate of drug-likeness (QED) is 0.0145. The molecule has 138 heavy (non-hydrogen) atoms. The van der Waals surface area contributed by atoms with Gasteiger partial charge in [0.25, 0.3) is 0 Å². The average Bonchev–Trinajstić information content (AvgIpc) is 1.52. The van der Waals surface area contributed by atoms with Gasteiger partial charge in [-0.15, -0.1) is 0 Å². The number of carboxylic acid groups (broad SMARTS) is 2. The first kappa shape index (κ1) is 110. The van der Waals surface area contributed by atoms with E-state index in [0.29, 0.717) is 60.0 Å². The molecule has 5 aromatic rings. The van der Waals surface area contributed by atoms with Crippen molar-refractivity contribution in [1.29, 1.82) is 0 Å². The Labute approximate surface area is 805 Å². The van der Waals surface area contributed by atoms with Crippen LogP contribution in [-0.4, -0.2) is 230 Å². The zero-order valence-corrected chi connectivity index (χ0v) is 80.0. The number of carbonyl (C=O) groups is 16. The summed E-state index contributed by atoms with van der Waals surface area (Å²) in [5, 5.41) is 85.2. The minimum atomic E-state index is -2.02. The van der Waals surface area contributed by atoms with Crippen LogP contribution >= 0.6 is 12.2 Å². The Morgan fingerprint density at radius 2 is 1.09 bits per heavy atom. The van der Waals surface area contributed by atoms with E-state index in [9.17, 15) is 87.9 Å². The van der Waals surface area contributed by atoms with Crippen molar-refractivity contribution in [3.05, 3.63) is 137 Å². The number of anilines is 1. The van der Waals surface area contributed by atoms with E-state index >= 15 is 14.4 Å². The Bertz CT molecular complexity index is 5130. The second-order valence-corrected chi connectivity index (χ2v) is 37.1. The molecule has 5 aromatic carbocycles. The zero-order valence-electron chi connectivity index (χ0n) is 79.2. The first-order valence-corrected chi connectivity index (χ1v) is 46.9. The van der Waals surface area contributed by atoms with Crippen molar-refractivity contribution in [2.75, 3.05) is 44.9 Å². The standard InChI is InChI=1S/C97H131N15O25S/c1-54(2)43-69(85(125)101-57(7)83(123)108-75(52-113)82(99)122)104-88(128)73(50-80(118)119)106-86(126)70(44-55(3)4)109-93(133)96(9)38-22-17-15-13-11-10-12-14-16-21-37-95(8,92(132)110-71(45-56(5)6)87(127)107-74(51-81(120)121)90(130)112-96)111-89(129)72(46-58-25-27-60(28-26-58)59-23-19-18-20-24-59)105-84(124)68(35-36-78(98)116)103-79(117)53-135-42-41-134-40-39-100-94(138)102-61-29-32-65-64(47-61)91(131)137-97(65)66-33-30-62(114)48-76(66)136-77-49-63(115)31-34-67(77)97/h18-20,23-34,47-49,54-57,68-75,113-115H,10-17,21-22,35-46,50-53H2,1-9H3,(H2,98,116)(H2,99,122)(H,101,125)(H,103,117)(H,104,128)(H,105,124)(H,106,126)(H,107,127)(H,108,123)(H,109,133)(H,110,132)(H,111,129)(H,112,130)(H,118,119)(H,120,121)(H2,100,102,138)/t57-,68-,69-,70-,71-,72+,73-,74-,75-,95-,96-/m0/s1. The number of aliphatic carboxylic acids is 2. The number of thiocarbonyl (C=S) groups is 1. The summed E-state index contributed by atoms with van der Waals surface area (Å²) in [6.45, 7) is 13.0. The highest BCUT2D eigenvalue weighted by Crippen LogP contribution is 2.57. The van der Waals surface area contributed by atoms with E-state index in [1.54, 1.807) is 84.0 Å². The molecule has 0 aromatic heterocycles. The molecular weight excluding hydrogens is 1810 g/mol. The molecule has 8 rings (SSSR count). The number of carbonyl (C=O) groups excluding carboxylic acids is 14. The molecule has 750 valence electrons. The summed E-state index contributed by atoms with van der Waals surface area (Å²) in [6, 6.07) is 16.0. The predicted octanol–water partition coefficient (Wildman–Crippen LogP) is 4.55. The number of phenols is 2. The molecule has 3 heterocycles. The normalized spacial score (nSPS) is 18.9. The summed E-state index contributed by atoms with van der Waals surface area (Å²) in [5.41, 5.74) is 9.73. The van der Waals surface area contributed by atoms with Crippen molar-refractivity contribution in [2.45, 2.75) is 262 Å². The third-order valence-corrected chi connectivity index (χ3v) is 23.9. The number of aliphatic hydroxyl groups excluding tert-OH is 1. The number of primary amides is 2. The number of hydrogen-bond acceptors (Lipinski definition) is 24. The van der Waals surface area contributed by atoms with Crippen LogP contribution in [0.25, 0.3) is 11.1 Å². The lowest BCUT2D eigenvalue weighted by Gasteiger charge is -2.36. The first-order valence-electron chi connectivity index (χ1n) is 46.5. The molecule has 22 N–H and O–H groups in total. The number of amides is 13. The van der Waals surface area contributed by atoms with Gasteiger partial charge in [-0.05, 0) is 142 Å². The second-order valence-electron chi connectivity index (χ2n) is 36.7. The van der Waals surface area contributed by atoms with Crippen LogP contribution in [-0.2, 0) is 98.2 Å². The zero-order chi connectivity index (χ0) is 101. The molecule has 0 aliphatic carbocycles. The summed E-state index contributed by atoms with van der Waals surface area (Å²) in [4.78, 5) is 223. The molecule has 13 amide bonds. The molecule has 41 heteroatoms. The van der Waals surface area contributed by atoms with Crippen molar-refractivity contribution in [3.63, 3.8) is 0 Å². The van der Waals surface area contributed by atoms with Gasteiger partial charge in [0.15, 0.2) is 10.7 Å². The Hall–Kier alpha value is -13.4. The number of benzene rings is 5. The number of hydrogen-bond donors (Lipinski definition) is 20. The van der Waals surface area contributed by atoms with Gasteiger partial charge in [-0.3, -0.25) is 71.9 Å². The highest BCUT2D eigenvalue weighted by molar-refractivity contribution is 7.80. The third-order valence-electron chi connectivity index (χ3n) is 23.7. The van der Waals surface area contributed by atoms with Gasteiger partial charge in [-0.25, -0.2) is 4.79 Å². The van der Waals surface area contributed by atoms with Gasteiger partial charge >= 0.3 is 17.9 Å². The van der Waals surface area contributed by atoms with Gasteiger partial charge in [0.1, 0.15) is 95.1 Å². The summed E-state index contributed by atoms with van der Waals surface area (Å²) < 4.78 is 23.6. The Balaban J connectivity index is 0.949. The van der Waals surface area contributed by atoms with Crippen molar-refractivity contribution < 1.29 is 121 Å². The number of rotatable bonds is 42. The molecule has 0 radical (unpaired) electrons. The number of aromatic hydroxyl groups is 2. The van der Waals surface area contributed by atoms with Gasteiger partial charge in [-0.1, -0.05) is 166 Å². The minimum absolute atomic E-state index is 0.0149.